The highest BCUT2D eigenvalue weighted by Crippen LogP contribution is 2.40. The van der Waals surface area contributed by atoms with Gasteiger partial charge in [0.2, 0.25) is 0 Å². The van der Waals surface area contributed by atoms with Gasteiger partial charge in [0.05, 0.1) is 24.1 Å². The van der Waals surface area contributed by atoms with Crippen LogP contribution in [0, 0.1) is 12.8 Å². The average Bonchev–Trinajstić information content (AvgIpc) is 3.36. The van der Waals surface area contributed by atoms with Gasteiger partial charge in [0.1, 0.15) is 11.5 Å². The number of rotatable bonds is 4. The van der Waals surface area contributed by atoms with Crippen molar-refractivity contribution in [2.24, 2.45) is 5.92 Å². The van der Waals surface area contributed by atoms with Crippen molar-refractivity contribution < 1.29 is 4.79 Å². The van der Waals surface area contributed by atoms with E-state index in [0.717, 1.165) is 36.5 Å². The second kappa shape index (κ2) is 7.24. The number of benzene rings is 1. The van der Waals surface area contributed by atoms with Crippen LogP contribution in [0.2, 0.25) is 0 Å². The monoisotopic (exact) mass is 386 g/mol. The van der Waals surface area contributed by atoms with E-state index >= 15 is 0 Å². The Morgan fingerprint density at radius 1 is 1.03 bits per heavy atom. The third-order valence-electron chi connectivity index (χ3n) is 5.80. The fourth-order valence-corrected chi connectivity index (χ4v) is 4.51. The summed E-state index contributed by atoms with van der Waals surface area (Å²) in [6.07, 6.45) is 8.77. The Labute approximate surface area is 169 Å². The number of hydrogen-bond acceptors (Lipinski definition) is 6. The number of nitrogens with one attached hydrogen (secondary N) is 1. The highest BCUT2D eigenvalue weighted by atomic mass is 16.2. The van der Waals surface area contributed by atoms with Gasteiger partial charge in [-0.3, -0.25) is 14.8 Å². The number of aryl methyl sites for hydroxylation is 1. The number of likely N-dealkylation sites (tertiary alicyclic amines) is 1. The number of anilines is 1. The molecule has 1 saturated carbocycles. The van der Waals surface area contributed by atoms with Crippen LogP contribution < -0.4 is 5.32 Å². The third-order valence-corrected chi connectivity index (χ3v) is 5.80. The Morgan fingerprint density at radius 3 is 2.62 bits per heavy atom. The molecule has 2 bridgehead atoms. The van der Waals surface area contributed by atoms with Crippen molar-refractivity contribution in [1.82, 2.24) is 24.8 Å². The van der Waals surface area contributed by atoms with Gasteiger partial charge in [-0.25, -0.2) is 9.97 Å². The molecule has 7 heteroatoms. The van der Waals surface area contributed by atoms with Crippen LogP contribution in [0.5, 0.6) is 0 Å². The van der Waals surface area contributed by atoms with E-state index in [2.05, 4.69) is 25.3 Å². The molecule has 7 nitrogen and oxygen atoms in total. The lowest BCUT2D eigenvalue weighted by molar-refractivity contribution is 0.0686. The van der Waals surface area contributed by atoms with Gasteiger partial charge in [0, 0.05) is 30.5 Å². The highest BCUT2D eigenvalue weighted by molar-refractivity contribution is 5.98. The molecule has 1 N–H and O–H groups in total. The van der Waals surface area contributed by atoms with Gasteiger partial charge >= 0.3 is 0 Å². The van der Waals surface area contributed by atoms with E-state index in [0.29, 0.717) is 17.3 Å². The summed E-state index contributed by atoms with van der Waals surface area (Å²) in [7, 11) is 0. The maximum absolute atomic E-state index is 13.4. The zero-order valence-electron chi connectivity index (χ0n) is 16.2. The predicted octanol–water partition coefficient (Wildman–Crippen LogP) is 2.96. The molecule has 2 aromatic heterocycles. The van der Waals surface area contributed by atoms with E-state index in [9.17, 15) is 4.79 Å². The largest absolute Gasteiger partial charge is 0.364 e. The lowest BCUT2D eigenvalue weighted by atomic mass is 10.0. The van der Waals surface area contributed by atoms with Crippen LogP contribution in [0.15, 0.2) is 55.1 Å². The summed E-state index contributed by atoms with van der Waals surface area (Å²) < 4.78 is 0. The first-order valence-corrected chi connectivity index (χ1v) is 9.91. The minimum absolute atomic E-state index is 0.0501. The SMILES string of the molecule is Cc1cnc(NC2CC3CC2N(C(=O)c2nccnc2-c2ccccc2)C3)cn1. The molecule has 146 valence electrons. The third kappa shape index (κ3) is 3.33. The van der Waals surface area contributed by atoms with Gasteiger partial charge in [-0.15, -0.1) is 0 Å². The number of hydrogen-bond donors (Lipinski definition) is 1. The number of amides is 1. The topological polar surface area (TPSA) is 83.9 Å². The Balaban J connectivity index is 1.39. The molecular weight excluding hydrogens is 364 g/mol. The van der Waals surface area contributed by atoms with Crippen molar-refractivity contribution in [3.8, 4) is 11.3 Å². The second-order valence-electron chi connectivity index (χ2n) is 7.78. The number of carbonyl (C=O) groups excluding carboxylic acids is 1. The van der Waals surface area contributed by atoms with Gasteiger partial charge in [-0.2, -0.15) is 0 Å². The number of piperidine rings is 1. The molecule has 1 saturated heterocycles. The van der Waals surface area contributed by atoms with E-state index in [1.807, 2.05) is 42.2 Å². The molecule has 1 aromatic carbocycles. The van der Waals surface area contributed by atoms with Crippen molar-refractivity contribution in [3.05, 3.63) is 66.5 Å². The molecule has 1 aliphatic heterocycles. The smallest absolute Gasteiger partial charge is 0.275 e. The number of aromatic nitrogens is 4. The lowest BCUT2D eigenvalue weighted by Crippen LogP contribution is -2.48. The molecule has 0 spiro atoms. The van der Waals surface area contributed by atoms with E-state index in [1.54, 1.807) is 24.8 Å². The molecule has 5 rings (SSSR count). The summed E-state index contributed by atoms with van der Waals surface area (Å²) in [4.78, 5) is 33.0. The van der Waals surface area contributed by atoms with Gasteiger partial charge in [0.25, 0.3) is 5.91 Å². The van der Waals surface area contributed by atoms with Crippen LogP contribution in [0.4, 0.5) is 5.82 Å². The van der Waals surface area contributed by atoms with E-state index in [4.69, 9.17) is 0 Å². The predicted molar refractivity (Wildman–Crippen MR) is 109 cm³/mol. The molecule has 0 radical (unpaired) electrons. The van der Waals surface area contributed by atoms with E-state index in [1.165, 1.54) is 0 Å². The molecule has 3 aromatic rings. The molecule has 1 amide bonds. The molecule has 3 unspecified atom stereocenters. The van der Waals surface area contributed by atoms with Crippen LogP contribution in [0.25, 0.3) is 11.3 Å². The van der Waals surface area contributed by atoms with Gasteiger partial charge in [-0.05, 0) is 25.7 Å². The van der Waals surface area contributed by atoms with Gasteiger partial charge in [0.15, 0.2) is 5.69 Å². The normalized spacial score (nSPS) is 22.7. The molecule has 3 heterocycles. The van der Waals surface area contributed by atoms with Crippen LogP contribution in [0.3, 0.4) is 0 Å². The number of nitrogens with zero attached hydrogens (tertiary/aromatic N) is 5. The van der Waals surface area contributed by atoms with Crippen molar-refractivity contribution in [1.29, 1.82) is 0 Å². The van der Waals surface area contributed by atoms with Crippen molar-refractivity contribution in [2.45, 2.75) is 31.8 Å². The lowest BCUT2D eigenvalue weighted by Gasteiger charge is -2.34. The highest BCUT2D eigenvalue weighted by Gasteiger charge is 2.47. The molecule has 1 aliphatic carbocycles. The minimum atomic E-state index is -0.0501. The van der Waals surface area contributed by atoms with E-state index in [-0.39, 0.29) is 18.0 Å². The maximum atomic E-state index is 13.4. The second-order valence-corrected chi connectivity index (χ2v) is 7.78. The average molecular weight is 386 g/mol. The van der Waals surface area contributed by atoms with Crippen molar-refractivity contribution >= 4 is 11.7 Å². The Kier molecular flexibility index (Phi) is 4.42. The van der Waals surface area contributed by atoms with Crippen LogP contribution in [0.1, 0.15) is 29.0 Å². The summed E-state index contributed by atoms with van der Waals surface area (Å²) in [6, 6.07) is 10.0. The maximum Gasteiger partial charge on any atom is 0.275 e. The van der Waals surface area contributed by atoms with Gasteiger partial charge in [-0.1, -0.05) is 30.3 Å². The fraction of sp³-hybridized carbons (Fsp3) is 0.318. The number of fused-ring (bicyclic) bond motifs is 2. The van der Waals surface area contributed by atoms with Crippen molar-refractivity contribution in [2.75, 3.05) is 11.9 Å². The fourth-order valence-electron chi connectivity index (χ4n) is 4.51. The first kappa shape index (κ1) is 17.7. The Hall–Kier alpha value is -3.35. The molecule has 29 heavy (non-hydrogen) atoms. The molecule has 3 atom stereocenters. The van der Waals surface area contributed by atoms with Crippen LogP contribution in [-0.2, 0) is 0 Å². The van der Waals surface area contributed by atoms with Gasteiger partial charge < -0.3 is 10.2 Å². The first-order valence-electron chi connectivity index (χ1n) is 9.91. The Bertz CT molecular complexity index is 1020. The summed E-state index contributed by atoms with van der Waals surface area (Å²) >= 11 is 0. The molecule has 2 aliphatic rings. The molecular formula is C22H22N6O. The van der Waals surface area contributed by atoms with Crippen LogP contribution >= 0.6 is 0 Å². The van der Waals surface area contributed by atoms with E-state index < -0.39 is 0 Å². The van der Waals surface area contributed by atoms with Crippen molar-refractivity contribution in [3.63, 3.8) is 0 Å². The zero-order chi connectivity index (χ0) is 19.8. The first-order chi connectivity index (χ1) is 14.2. The Morgan fingerprint density at radius 2 is 1.86 bits per heavy atom. The summed E-state index contributed by atoms with van der Waals surface area (Å²) in [6.45, 7) is 2.69. The summed E-state index contributed by atoms with van der Waals surface area (Å²) in [5.41, 5.74) is 2.84. The number of carbonyl (C=O) groups is 1. The quantitative estimate of drug-likeness (QED) is 0.742. The van der Waals surface area contributed by atoms with Crippen LogP contribution in [-0.4, -0.2) is 49.4 Å². The summed E-state index contributed by atoms with van der Waals surface area (Å²) in [5, 5.41) is 3.48. The molecule has 2 fully saturated rings. The standard InChI is InChI=1S/C22H22N6O/c1-14-11-26-19(12-25-14)27-17-9-15-10-18(17)28(13-15)22(29)21-20(23-7-8-24-21)16-5-3-2-4-6-16/h2-8,11-12,15,17-18H,9-10,13H2,1H3,(H,26,27). The summed E-state index contributed by atoms with van der Waals surface area (Å²) in [5.74, 6) is 1.20. The zero-order valence-corrected chi connectivity index (χ0v) is 16.2. The minimum Gasteiger partial charge on any atom is -0.364 e.